The predicted molar refractivity (Wildman–Crippen MR) is 267 cm³/mol. The molecule has 3 heterocycles. The summed E-state index contributed by atoms with van der Waals surface area (Å²) in [4.78, 5) is 22.4. The molecule has 0 radical (unpaired) electrons. The van der Waals surface area contributed by atoms with Crippen molar-refractivity contribution in [3.63, 3.8) is 0 Å². The van der Waals surface area contributed by atoms with E-state index in [4.69, 9.17) is 9.97 Å². The van der Waals surface area contributed by atoms with Gasteiger partial charge in [-0.3, -0.25) is 9.97 Å². The van der Waals surface area contributed by atoms with Gasteiger partial charge in [0, 0.05) is 64.0 Å². The molecule has 8 aromatic carbocycles. The summed E-state index contributed by atoms with van der Waals surface area (Å²) in [6.45, 7) is 0. The van der Waals surface area contributed by atoms with Crippen LogP contribution in [0.15, 0.2) is 225 Å². The van der Waals surface area contributed by atoms with Crippen molar-refractivity contribution in [3.05, 3.63) is 247 Å². The highest BCUT2D eigenvalue weighted by Crippen LogP contribution is 2.68. The first kappa shape index (κ1) is 36.7. The molecule has 5 heteroatoms. The first-order valence-electron chi connectivity index (χ1n) is 22.4. The molecule has 0 bridgehead atoms. The van der Waals surface area contributed by atoms with Crippen LogP contribution in [0.2, 0.25) is 0 Å². The zero-order valence-electron chi connectivity index (χ0n) is 35.6. The minimum Gasteiger partial charge on any atom is -0.310 e. The van der Waals surface area contributed by atoms with E-state index in [2.05, 4.69) is 191 Å². The Labute approximate surface area is 382 Å². The molecule has 1 atom stereocenters. The molecule has 3 aromatic heterocycles. The monoisotopic (exact) mass is 839 g/mol. The van der Waals surface area contributed by atoms with Gasteiger partial charge in [0.2, 0.25) is 0 Å². The van der Waals surface area contributed by atoms with E-state index in [1.165, 1.54) is 72.0 Å². The minimum atomic E-state index is -0.671. The van der Waals surface area contributed by atoms with Crippen molar-refractivity contribution >= 4 is 27.8 Å². The van der Waals surface area contributed by atoms with Gasteiger partial charge in [-0.25, -0.2) is 9.97 Å². The number of anilines is 3. The fourth-order valence-electron chi connectivity index (χ4n) is 11.5. The molecule has 14 rings (SSSR count). The van der Waals surface area contributed by atoms with Crippen LogP contribution < -0.4 is 4.90 Å². The SMILES string of the molecule is c1ccc(N(c2ccccc2)c2cccc3c2-c2ccccc2C32c3ccccc3-c3c2cc2c(c3-c3nc(-c4ccncc4)cc(-c4ccncc4)n3)-c3cccc4cccc-2c34)cc1. The summed E-state index contributed by atoms with van der Waals surface area (Å²) in [6.07, 6.45) is 7.33. The maximum atomic E-state index is 5.60. The van der Waals surface area contributed by atoms with Crippen LogP contribution in [0.25, 0.3) is 89.2 Å². The van der Waals surface area contributed by atoms with Crippen LogP contribution in [0.4, 0.5) is 17.1 Å². The molecule has 0 saturated heterocycles. The summed E-state index contributed by atoms with van der Waals surface area (Å²) >= 11 is 0. The lowest BCUT2D eigenvalue weighted by molar-refractivity contribution is 0.794. The normalized spacial score (nSPS) is 14.4. The molecule has 0 amide bonds. The first-order chi connectivity index (χ1) is 32.8. The maximum Gasteiger partial charge on any atom is 0.161 e. The quantitative estimate of drug-likeness (QED) is 0.167. The van der Waals surface area contributed by atoms with E-state index in [0.717, 1.165) is 50.7 Å². The molecule has 1 unspecified atom stereocenters. The van der Waals surface area contributed by atoms with Gasteiger partial charge in [0.15, 0.2) is 5.82 Å². The summed E-state index contributed by atoms with van der Waals surface area (Å²) in [5.74, 6) is 0.681. The Bertz CT molecular complexity index is 3660. The van der Waals surface area contributed by atoms with E-state index in [-0.39, 0.29) is 0 Å². The number of aromatic nitrogens is 4. The number of pyridine rings is 2. The Hall–Kier alpha value is -8.80. The Kier molecular flexibility index (Phi) is 7.83. The van der Waals surface area contributed by atoms with E-state index in [1.807, 2.05) is 49.1 Å². The van der Waals surface area contributed by atoms with Gasteiger partial charge >= 0.3 is 0 Å². The van der Waals surface area contributed by atoms with Crippen molar-refractivity contribution < 1.29 is 0 Å². The number of benzene rings is 8. The Balaban J connectivity index is 1.14. The van der Waals surface area contributed by atoms with E-state index >= 15 is 0 Å². The molecular formula is C61H37N5. The van der Waals surface area contributed by atoms with Gasteiger partial charge in [0.05, 0.1) is 22.5 Å². The molecule has 3 aliphatic carbocycles. The third-order valence-electron chi connectivity index (χ3n) is 14.0. The lowest BCUT2D eigenvalue weighted by Crippen LogP contribution is -2.26. The first-order valence-corrected chi connectivity index (χ1v) is 22.4. The fourth-order valence-corrected chi connectivity index (χ4v) is 11.5. The van der Waals surface area contributed by atoms with Crippen molar-refractivity contribution in [3.8, 4) is 78.4 Å². The summed E-state index contributed by atoms with van der Waals surface area (Å²) in [5, 5.41) is 2.48. The molecule has 0 N–H and O–H groups in total. The van der Waals surface area contributed by atoms with Crippen molar-refractivity contribution in [2.24, 2.45) is 0 Å². The smallest absolute Gasteiger partial charge is 0.161 e. The van der Waals surface area contributed by atoms with Crippen molar-refractivity contribution in [1.82, 2.24) is 19.9 Å². The zero-order chi connectivity index (χ0) is 43.3. The highest BCUT2D eigenvalue weighted by molar-refractivity contribution is 6.21. The Morgan fingerprint density at radius 2 is 0.864 bits per heavy atom. The Morgan fingerprint density at radius 1 is 0.348 bits per heavy atom. The lowest BCUT2D eigenvalue weighted by Gasteiger charge is -2.32. The third kappa shape index (κ3) is 5.05. The molecule has 0 aliphatic heterocycles. The van der Waals surface area contributed by atoms with Crippen LogP contribution >= 0.6 is 0 Å². The van der Waals surface area contributed by atoms with Crippen LogP contribution in [-0.2, 0) is 5.41 Å². The number of para-hydroxylation sites is 2. The second-order valence-electron chi connectivity index (χ2n) is 17.3. The average molecular weight is 840 g/mol. The minimum absolute atomic E-state index is 0.671. The molecule has 11 aromatic rings. The summed E-state index contributed by atoms with van der Waals surface area (Å²) in [7, 11) is 0. The third-order valence-corrected chi connectivity index (χ3v) is 14.0. The molecule has 3 aliphatic rings. The second kappa shape index (κ2) is 14.1. The van der Waals surface area contributed by atoms with Gasteiger partial charge < -0.3 is 4.90 Å². The van der Waals surface area contributed by atoms with Crippen LogP contribution in [0, 0.1) is 0 Å². The highest BCUT2D eigenvalue weighted by Gasteiger charge is 2.54. The highest BCUT2D eigenvalue weighted by atomic mass is 15.1. The van der Waals surface area contributed by atoms with Crippen LogP contribution in [0.5, 0.6) is 0 Å². The number of hydrogen-bond acceptors (Lipinski definition) is 5. The molecule has 1 spiro atoms. The number of fused-ring (bicyclic) bond motifs is 13. The van der Waals surface area contributed by atoms with E-state index in [0.29, 0.717) is 5.82 Å². The number of rotatable bonds is 6. The Morgan fingerprint density at radius 3 is 1.48 bits per heavy atom. The molecule has 306 valence electrons. The standard InChI is InChI=1S/C61H37N5/c1-3-16-41(17-4-1)66(42-18-5-2-6-19-42)54-27-13-26-50-57(54)44-20-7-9-24-48(44)61(50)49-25-10-8-21-45(49)58-51(61)36-47-43-22-11-14-40-15-12-23-46(55(40)43)56(47)59(58)60-64-52(38-28-32-62-33-29-38)37-53(65-60)39-30-34-63-35-31-39/h1-37H. The molecule has 0 fully saturated rings. The van der Waals surface area contributed by atoms with Gasteiger partial charge in [0.25, 0.3) is 0 Å². The largest absolute Gasteiger partial charge is 0.310 e. The fraction of sp³-hybridized carbons (Fsp3) is 0.0164. The average Bonchev–Trinajstić information content (AvgIpc) is 4.00. The van der Waals surface area contributed by atoms with Crippen LogP contribution in [-0.4, -0.2) is 19.9 Å². The van der Waals surface area contributed by atoms with Gasteiger partial charge in [-0.2, -0.15) is 0 Å². The predicted octanol–water partition coefficient (Wildman–Crippen LogP) is 14.9. The van der Waals surface area contributed by atoms with Gasteiger partial charge in [-0.15, -0.1) is 0 Å². The molecule has 66 heavy (non-hydrogen) atoms. The summed E-state index contributed by atoms with van der Waals surface area (Å²) < 4.78 is 0. The zero-order valence-corrected chi connectivity index (χ0v) is 35.6. The molecule has 5 nitrogen and oxygen atoms in total. The molecule has 0 saturated carbocycles. The summed E-state index contributed by atoms with van der Waals surface area (Å²) in [6, 6.07) is 72.8. The van der Waals surface area contributed by atoms with E-state index < -0.39 is 5.41 Å². The topological polar surface area (TPSA) is 54.8 Å². The molecular weight excluding hydrogens is 803 g/mol. The van der Waals surface area contributed by atoms with Crippen molar-refractivity contribution in [1.29, 1.82) is 0 Å². The summed E-state index contributed by atoms with van der Waals surface area (Å²) in [5.41, 5.74) is 21.9. The second-order valence-corrected chi connectivity index (χ2v) is 17.3. The van der Waals surface area contributed by atoms with Gasteiger partial charge in [-0.05, 0) is 133 Å². The lowest BCUT2D eigenvalue weighted by atomic mass is 9.69. The van der Waals surface area contributed by atoms with Crippen molar-refractivity contribution in [2.45, 2.75) is 5.41 Å². The maximum absolute atomic E-state index is 5.60. The van der Waals surface area contributed by atoms with Crippen LogP contribution in [0.1, 0.15) is 22.3 Å². The number of nitrogens with zero attached hydrogens (tertiary/aromatic N) is 5. The number of hydrogen-bond donors (Lipinski definition) is 0. The van der Waals surface area contributed by atoms with Crippen molar-refractivity contribution in [2.75, 3.05) is 4.90 Å². The van der Waals surface area contributed by atoms with Gasteiger partial charge in [-0.1, -0.05) is 133 Å². The van der Waals surface area contributed by atoms with Gasteiger partial charge in [0.1, 0.15) is 0 Å². The van der Waals surface area contributed by atoms with E-state index in [1.54, 1.807) is 0 Å². The van der Waals surface area contributed by atoms with E-state index in [9.17, 15) is 0 Å². The van der Waals surface area contributed by atoms with Crippen LogP contribution in [0.3, 0.4) is 0 Å².